The Labute approximate surface area is 220 Å². The first-order valence-electron chi connectivity index (χ1n) is 13.1. The van der Waals surface area contributed by atoms with E-state index in [2.05, 4.69) is 68.9 Å². The zero-order valence-electron chi connectivity index (χ0n) is 22.6. The summed E-state index contributed by atoms with van der Waals surface area (Å²) in [5.41, 5.74) is 5.57. The lowest BCUT2D eigenvalue weighted by Crippen LogP contribution is -2.20. The molecule has 0 fully saturated rings. The van der Waals surface area contributed by atoms with E-state index < -0.39 is 0 Å². The van der Waals surface area contributed by atoms with Crippen LogP contribution in [0.1, 0.15) is 68.7 Å². The fourth-order valence-electron chi connectivity index (χ4n) is 4.70. The molecule has 1 N–H and O–H groups in total. The van der Waals surface area contributed by atoms with E-state index in [1.54, 1.807) is 6.07 Å². The van der Waals surface area contributed by atoms with Crippen molar-refractivity contribution in [1.29, 1.82) is 0 Å². The second kappa shape index (κ2) is 11.5. The molecule has 0 amide bonds. The number of ether oxygens (including phenoxy) is 1. The van der Waals surface area contributed by atoms with Gasteiger partial charge in [0.1, 0.15) is 17.8 Å². The van der Waals surface area contributed by atoms with Crippen LogP contribution in [0.25, 0.3) is 22.8 Å². The van der Waals surface area contributed by atoms with Gasteiger partial charge in [0.05, 0.1) is 12.2 Å². The molecule has 0 aliphatic carbocycles. The summed E-state index contributed by atoms with van der Waals surface area (Å²) in [5.74, 6) is 1.80. The molecule has 1 heterocycles. The number of aromatic hydroxyl groups is 1. The van der Waals surface area contributed by atoms with Gasteiger partial charge in [0.15, 0.2) is 11.6 Å². The van der Waals surface area contributed by atoms with Crippen LogP contribution in [0.5, 0.6) is 11.5 Å². The molecular formula is C32H37N3O2. The molecule has 0 atom stereocenters. The fraction of sp³-hybridized carbons (Fsp3) is 0.344. The van der Waals surface area contributed by atoms with Crippen molar-refractivity contribution >= 4 is 0 Å². The average Bonchev–Trinajstić information content (AvgIpc) is 2.89. The Bertz CT molecular complexity index is 1350. The number of phenols is 1. The van der Waals surface area contributed by atoms with Gasteiger partial charge in [-0.3, -0.25) is 0 Å². The lowest BCUT2D eigenvalue weighted by Gasteiger charge is -2.29. The number of hydrogen-bond donors (Lipinski definition) is 1. The number of benzene rings is 3. The van der Waals surface area contributed by atoms with Crippen molar-refractivity contribution in [1.82, 2.24) is 15.0 Å². The predicted molar refractivity (Wildman–Crippen MR) is 150 cm³/mol. The van der Waals surface area contributed by atoms with Crippen LogP contribution in [0, 0.1) is 13.8 Å². The Kier molecular flexibility index (Phi) is 8.22. The van der Waals surface area contributed by atoms with E-state index >= 15 is 0 Å². The Morgan fingerprint density at radius 1 is 0.838 bits per heavy atom. The predicted octanol–water partition coefficient (Wildman–Crippen LogP) is 7.81. The molecule has 5 nitrogen and oxygen atoms in total. The number of rotatable bonds is 10. The first-order chi connectivity index (χ1) is 17.8. The molecule has 0 unspecified atom stereocenters. The van der Waals surface area contributed by atoms with Crippen LogP contribution >= 0.6 is 0 Å². The standard InChI is InChI=1S/C32H37N3O2/c1-6-7-8-12-17-37-29-20-28(36)26(19-27(29)32(4,5)24-13-10-9-11-14-24)31-34-21-33-30(35-31)25-16-15-22(2)18-23(25)3/h9-11,13-16,18-21,36H,6-8,12,17H2,1-5H3. The summed E-state index contributed by atoms with van der Waals surface area (Å²) in [4.78, 5) is 13.6. The SMILES string of the molecule is CCCCCCOc1cc(O)c(-c2ncnc(-c3ccc(C)cc3C)n2)cc1C(C)(C)c1ccccc1. The maximum Gasteiger partial charge on any atom is 0.167 e. The number of aromatic nitrogens is 3. The van der Waals surface area contributed by atoms with Gasteiger partial charge >= 0.3 is 0 Å². The molecule has 5 heteroatoms. The van der Waals surface area contributed by atoms with Gasteiger partial charge in [-0.2, -0.15) is 0 Å². The quantitative estimate of drug-likeness (QED) is 0.227. The Hall–Kier alpha value is -3.73. The molecule has 1 aromatic heterocycles. The van der Waals surface area contributed by atoms with Gasteiger partial charge in [0.2, 0.25) is 0 Å². The normalized spacial score (nSPS) is 11.5. The van der Waals surface area contributed by atoms with E-state index in [0.717, 1.165) is 35.1 Å². The molecule has 0 bridgehead atoms. The highest BCUT2D eigenvalue weighted by Gasteiger charge is 2.29. The van der Waals surface area contributed by atoms with Gasteiger partial charge in [-0.25, -0.2) is 15.0 Å². The minimum atomic E-state index is -0.369. The summed E-state index contributed by atoms with van der Waals surface area (Å²) in [7, 11) is 0. The summed E-state index contributed by atoms with van der Waals surface area (Å²) < 4.78 is 6.27. The monoisotopic (exact) mass is 495 g/mol. The molecule has 4 rings (SSSR count). The maximum absolute atomic E-state index is 11.1. The topological polar surface area (TPSA) is 68.1 Å². The van der Waals surface area contributed by atoms with Crippen LogP contribution in [0.3, 0.4) is 0 Å². The fourth-order valence-corrected chi connectivity index (χ4v) is 4.70. The van der Waals surface area contributed by atoms with Crippen molar-refractivity contribution in [2.24, 2.45) is 0 Å². The molecule has 0 saturated carbocycles. The number of aryl methyl sites for hydroxylation is 2. The maximum atomic E-state index is 11.1. The van der Waals surface area contributed by atoms with Gasteiger partial charge in [-0.15, -0.1) is 0 Å². The third kappa shape index (κ3) is 5.99. The van der Waals surface area contributed by atoms with Crippen molar-refractivity contribution in [2.75, 3.05) is 6.61 Å². The number of unbranched alkanes of at least 4 members (excludes halogenated alkanes) is 3. The van der Waals surface area contributed by atoms with Crippen LogP contribution in [-0.2, 0) is 5.41 Å². The van der Waals surface area contributed by atoms with Gasteiger partial charge in [-0.05, 0) is 37.5 Å². The van der Waals surface area contributed by atoms with Crippen LogP contribution in [0.4, 0.5) is 0 Å². The Morgan fingerprint density at radius 2 is 1.57 bits per heavy atom. The smallest absolute Gasteiger partial charge is 0.167 e. The van der Waals surface area contributed by atoms with Crippen molar-refractivity contribution in [3.63, 3.8) is 0 Å². The van der Waals surface area contributed by atoms with Gasteiger partial charge in [0.25, 0.3) is 0 Å². The third-order valence-electron chi connectivity index (χ3n) is 6.96. The zero-order chi connectivity index (χ0) is 26.4. The molecule has 192 valence electrons. The largest absolute Gasteiger partial charge is 0.507 e. The molecule has 0 aliphatic rings. The van der Waals surface area contributed by atoms with Crippen molar-refractivity contribution in [3.8, 4) is 34.3 Å². The highest BCUT2D eigenvalue weighted by atomic mass is 16.5. The number of phenolic OH excluding ortho intramolecular Hbond substituents is 1. The van der Waals surface area contributed by atoms with Crippen LogP contribution in [0.15, 0.2) is 67.0 Å². The molecule has 0 spiro atoms. The molecule has 3 aromatic carbocycles. The van der Waals surface area contributed by atoms with Crippen molar-refractivity contribution in [2.45, 2.75) is 65.7 Å². The van der Waals surface area contributed by atoms with Gasteiger partial charge in [0, 0.05) is 22.6 Å². The minimum absolute atomic E-state index is 0.0916. The average molecular weight is 496 g/mol. The molecule has 0 saturated heterocycles. The van der Waals surface area contributed by atoms with E-state index in [9.17, 15) is 5.11 Å². The summed E-state index contributed by atoms with van der Waals surface area (Å²) >= 11 is 0. The second-order valence-corrected chi connectivity index (χ2v) is 10.2. The highest BCUT2D eigenvalue weighted by molar-refractivity contribution is 5.70. The minimum Gasteiger partial charge on any atom is -0.507 e. The third-order valence-corrected chi connectivity index (χ3v) is 6.96. The molecule has 0 aliphatic heterocycles. The van der Waals surface area contributed by atoms with E-state index in [0.29, 0.717) is 29.6 Å². The van der Waals surface area contributed by atoms with Gasteiger partial charge < -0.3 is 9.84 Å². The summed E-state index contributed by atoms with van der Waals surface area (Å²) in [6.45, 7) is 11.3. The van der Waals surface area contributed by atoms with E-state index in [1.807, 2.05) is 30.3 Å². The van der Waals surface area contributed by atoms with Crippen LogP contribution < -0.4 is 4.74 Å². The Morgan fingerprint density at radius 3 is 2.27 bits per heavy atom. The van der Waals surface area contributed by atoms with Crippen LogP contribution in [-0.4, -0.2) is 26.7 Å². The Balaban J connectivity index is 1.78. The van der Waals surface area contributed by atoms with Crippen molar-refractivity contribution in [3.05, 3.63) is 89.2 Å². The molecule has 37 heavy (non-hydrogen) atoms. The highest BCUT2D eigenvalue weighted by Crippen LogP contribution is 2.43. The lowest BCUT2D eigenvalue weighted by molar-refractivity contribution is 0.297. The molecule has 0 radical (unpaired) electrons. The summed E-state index contributed by atoms with van der Waals surface area (Å²) in [5, 5.41) is 11.1. The van der Waals surface area contributed by atoms with Crippen LogP contribution in [0.2, 0.25) is 0 Å². The van der Waals surface area contributed by atoms with Gasteiger partial charge in [-0.1, -0.05) is 94.1 Å². The summed E-state index contributed by atoms with van der Waals surface area (Å²) in [6, 6.07) is 20.3. The number of hydrogen-bond acceptors (Lipinski definition) is 5. The molecular weight excluding hydrogens is 458 g/mol. The van der Waals surface area contributed by atoms with E-state index in [-0.39, 0.29) is 11.2 Å². The first-order valence-corrected chi connectivity index (χ1v) is 13.1. The lowest BCUT2D eigenvalue weighted by atomic mass is 9.77. The van der Waals surface area contributed by atoms with E-state index in [1.165, 1.54) is 24.7 Å². The van der Waals surface area contributed by atoms with E-state index in [4.69, 9.17) is 9.72 Å². The zero-order valence-corrected chi connectivity index (χ0v) is 22.6. The van der Waals surface area contributed by atoms with Crippen molar-refractivity contribution < 1.29 is 9.84 Å². The summed E-state index contributed by atoms with van der Waals surface area (Å²) in [6.07, 6.45) is 5.99. The second-order valence-electron chi connectivity index (χ2n) is 10.2. The number of nitrogens with zero attached hydrogens (tertiary/aromatic N) is 3. The molecule has 4 aromatic rings. The first kappa shape index (κ1) is 26.3.